The Hall–Kier alpha value is -2.08. The first-order chi connectivity index (χ1) is 12.1. The standard InChI is InChI=1S/C19H17ClN2O2S/c20-15-4-3-5-16(12-15)25(23,24)22-10-8-14(9-11-22)18-13-21-19-7-2-1-6-17(18)19/h1-8,12-13,21H,9-11H2. The molecule has 0 saturated carbocycles. The molecule has 0 spiro atoms. The highest BCUT2D eigenvalue weighted by atomic mass is 35.5. The van der Waals surface area contributed by atoms with Gasteiger partial charge in [-0.25, -0.2) is 8.42 Å². The molecule has 25 heavy (non-hydrogen) atoms. The number of aromatic amines is 1. The van der Waals surface area contributed by atoms with Crippen LogP contribution in [0.15, 0.2) is 65.7 Å². The van der Waals surface area contributed by atoms with Crippen molar-refractivity contribution in [3.05, 3.63) is 71.4 Å². The highest BCUT2D eigenvalue weighted by Crippen LogP contribution is 2.31. The zero-order valence-electron chi connectivity index (χ0n) is 13.4. The van der Waals surface area contributed by atoms with Crippen molar-refractivity contribution in [1.29, 1.82) is 0 Å². The van der Waals surface area contributed by atoms with Gasteiger partial charge in [-0.3, -0.25) is 0 Å². The van der Waals surface area contributed by atoms with Gasteiger partial charge in [0.15, 0.2) is 0 Å². The zero-order valence-corrected chi connectivity index (χ0v) is 15.0. The molecule has 1 aliphatic rings. The maximum atomic E-state index is 12.8. The molecule has 0 bridgehead atoms. The summed E-state index contributed by atoms with van der Waals surface area (Å²) in [6, 6.07) is 14.5. The summed E-state index contributed by atoms with van der Waals surface area (Å²) in [5.74, 6) is 0. The zero-order chi connectivity index (χ0) is 17.4. The Balaban J connectivity index is 1.62. The van der Waals surface area contributed by atoms with E-state index in [4.69, 9.17) is 11.6 Å². The number of nitrogens with one attached hydrogen (secondary N) is 1. The molecule has 4 nitrogen and oxygen atoms in total. The molecule has 0 saturated heterocycles. The van der Waals surface area contributed by atoms with Crippen molar-refractivity contribution in [3.63, 3.8) is 0 Å². The molecule has 0 unspecified atom stereocenters. The van der Waals surface area contributed by atoms with Crippen LogP contribution in [0, 0.1) is 0 Å². The molecule has 128 valence electrons. The lowest BCUT2D eigenvalue weighted by Gasteiger charge is -2.26. The molecule has 1 N–H and O–H groups in total. The van der Waals surface area contributed by atoms with E-state index in [2.05, 4.69) is 11.1 Å². The Morgan fingerprint density at radius 2 is 1.92 bits per heavy atom. The van der Waals surface area contributed by atoms with E-state index < -0.39 is 10.0 Å². The molecule has 1 aromatic heterocycles. The Bertz CT molecular complexity index is 1070. The Labute approximate surface area is 151 Å². The van der Waals surface area contributed by atoms with Gasteiger partial charge in [-0.2, -0.15) is 4.31 Å². The molecule has 4 rings (SSSR count). The molecule has 0 fully saturated rings. The van der Waals surface area contributed by atoms with E-state index in [9.17, 15) is 8.42 Å². The van der Waals surface area contributed by atoms with E-state index in [0.717, 1.165) is 11.1 Å². The van der Waals surface area contributed by atoms with Crippen LogP contribution in [-0.4, -0.2) is 30.8 Å². The minimum atomic E-state index is -3.52. The van der Waals surface area contributed by atoms with Gasteiger partial charge < -0.3 is 4.98 Å². The van der Waals surface area contributed by atoms with Crippen molar-refractivity contribution < 1.29 is 8.42 Å². The second-order valence-electron chi connectivity index (χ2n) is 6.05. The lowest BCUT2D eigenvalue weighted by molar-refractivity contribution is 0.441. The van der Waals surface area contributed by atoms with Crippen LogP contribution in [0.2, 0.25) is 5.02 Å². The monoisotopic (exact) mass is 372 g/mol. The number of hydrogen-bond acceptors (Lipinski definition) is 2. The van der Waals surface area contributed by atoms with E-state index in [-0.39, 0.29) is 4.90 Å². The molecule has 1 aliphatic heterocycles. The minimum Gasteiger partial charge on any atom is -0.361 e. The number of fused-ring (bicyclic) bond motifs is 1. The molecule has 0 atom stereocenters. The maximum Gasteiger partial charge on any atom is 0.243 e. The van der Waals surface area contributed by atoms with Crippen LogP contribution in [-0.2, 0) is 10.0 Å². The Kier molecular flexibility index (Phi) is 4.15. The number of benzene rings is 2. The second-order valence-corrected chi connectivity index (χ2v) is 8.42. The van der Waals surface area contributed by atoms with Gasteiger partial charge in [0.1, 0.15) is 0 Å². The van der Waals surface area contributed by atoms with Gasteiger partial charge in [-0.15, -0.1) is 0 Å². The number of aromatic nitrogens is 1. The van der Waals surface area contributed by atoms with Gasteiger partial charge in [0.2, 0.25) is 10.0 Å². The number of rotatable bonds is 3. The molecule has 0 amide bonds. The topological polar surface area (TPSA) is 53.2 Å². The van der Waals surface area contributed by atoms with Crippen molar-refractivity contribution in [1.82, 2.24) is 9.29 Å². The number of H-pyrrole nitrogens is 1. The number of para-hydroxylation sites is 1. The summed E-state index contributed by atoms with van der Waals surface area (Å²) in [5.41, 5.74) is 3.41. The summed E-state index contributed by atoms with van der Waals surface area (Å²) in [7, 11) is -3.52. The van der Waals surface area contributed by atoms with Gasteiger partial charge in [0.05, 0.1) is 4.90 Å². The van der Waals surface area contributed by atoms with Gasteiger partial charge >= 0.3 is 0 Å². The minimum absolute atomic E-state index is 0.240. The third-order valence-electron chi connectivity index (χ3n) is 4.54. The van der Waals surface area contributed by atoms with Gasteiger partial charge in [0.25, 0.3) is 0 Å². The first-order valence-corrected chi connectivity index (χ1v) is 9.89. The van der Waals surface area contributed by atoms with Crippen LogP contribution < -0.4 is 0 Å². The van der Waals surface area contributed by atoms with Crippen LogP contribution in [0.25, 0.3) is 16.5 Å². The largest absolute Gasteiger partial charge is 0.361 e. The van der Waals surface area contributed by atoms with Crippen LogP contribution in [0.1, 0.15) is 12.0 Å². The average molecular weight is 373 g/mol. The SMILES string of the molecule is O=S(=O)(c1cccc(Cl)c1)N1CC=C(c2c[nH]c3ccccc23)CC1. The van der Waals surface area contributed by atoms with Gasteiger partial charge in [-0.1, -0.05) is 41.9 Å². The fourth-order valence-electron chi connectivity index (χ4n) is 3.23. The third kappa shape index (κ3) is 2.99. The molecule has 6 heteroatoms. The summed E-state index contributed by atoms with van der Waals surface area (Å²) < 4.78 is 27.1. The molecular formula is C19H17ClN2O2S. The third-order valence-corrected chi connectivity index (χ3v) is 6.64. The first-order valence-electron chi connectivity index (χ1n) is 8.07. The van der Waals surface area contributed by atoms with Crippen molar-refractivity contribution in [2.45, 2.75) is 11.3 Å². The molecule has 0 radical (unpaired) electrons. The van der Waals surface area contributed by atoms with E-state index >= 15 is 0 Å². The summed E-state index contributed by atoms with van der Waals surface area (Å²) in [6.07, 6.45) is 4.68. The van der Waals surface area contributed by atoms with Crippen molar-refractivity contribution in [2.75, 3.05) is 13.1 Å². The predicted octanol–water partition coefficient (Wildman–Crippen LogP) is 4.30. The van der Waals surface area contributed by atoms with E-state index in [0.29, 0.717) is 24.5 Å². The van der Waals surface area contributed by atoms with E-state index in [1.165, 1.54) is 21.3 Å². The number of hydrogen-bond donors (Lipinski definition) is 1. The number of nitrogens with zero attached hydrogens (tertiary/aromatic N) is 1. The summed E-state index contributed by atoms with van der Waals surface area (Å²) >= 11 is 5.94. The lowest BCUT2D eigenvalue weighted by atomic mass is 10.00. The van der Waals surface area contributed by atoms with Crippen LogP contribution in [0.4, 0.5) is 0 Å². The van der Waals surface area contributed by atoms with E-state index in [1.807, 2.05) is 30.5 Å². The molecule has 2 aromatic carbocycles. The Morgan fingerprint density at radius 3 is 2.68 bits per heavy atom. The van der Waals surface area contributed by atoms with Crippen molar-refractivity contribution in [2.24, 2.45) is 0 Å². The van der Waals surface area contributed by atoms with Crippen molar-refractivity contribution in [3.8, 4) is 0 Å². The molecule has 0 aliphatic carbocycles. The maximum absolute atomic E-state index is 12.8. The molecule has 2 heterocycles. The quantitative estimate of drug-likeness (QED) is 0.745. The smallest absolute Gasteiger partial charge is 0.243 e. The highest BCUT2D eigenvalue weighted by molar-refractivity contribution is 7.89. The normalized spacial score (nSPS) is 16.1. The van der Waals surface area contributed by atoms with Crippen LogP contribution >= 0.6 is 11.6 Å². The molecule has 3 aromatic rings. The highest BCUT2D eigenvalue weighted by Gasteiger charge is 2.27. The lowest BCUT2D eigenvalue weighted by Crippen LogP contribution is -2.34. The van der Waals surface area contributed by atoms with Crippen molar-refractivity contribution >= 4 is 38.1 Å². The summed E-state index contributed by atoms with van der Waals surface area (Å²) in [6.45, 7) is 0.823. The van der Waals surface area contributed by atoms with Gasteiger partial charge in [-0.05, 0) is 36.3 Å². The summed E-state index contributed by atoms with van der Waals surface area (Å²) in [4.78, 5) is 3.51. The van der Waals surface area contributed by atoms with Crippen LogP contribution in [0.5, 0.6) is 0 Å². The fraction of sp³-hybridized carbons (Fsp3) is 0.158. The Morgan fingerprint density at radius 1 is 1.08 bits per heavy atom. The fourth-order valence-corrected chi connectivity index (χ4v) is 4.91. The number of halogens is 1. The predicted molar refractivity (Wildman–Crippen MR) is 101 cm³/mol. The summed E-state index contributed by atoms with van der Waals surface area (Å²) in [5, 5.41) is 1.59. The number of sulfonamides is 1. The van der Waals surface area contributed by atoms with Crippen LogP contribution in [0.3, 0.4) is 0 Å². The molecular weight excluding hydrogens is 356 g/mol. The van der Waals surface area contributed by atoms with E-state index in [1.54, 1.807) is 18.2 Å². The second kappa shape index (κ2) is 6.33. The average Bonchev–Trinajstić information content (AvgIpc) is 3.06. The first kappa shape index (κ1) is 16.4. The van der Waals surface area contributed by atoms with Gasteiger partial charge in [0, 0.05) is 40.8 Å².